The molecule has 1 unspecified atom stereocenters. The molecule has 0 saturated carbocycles. The number of ether oxygens (including phenoxy) is 2. The molecule has 2 aromatic carbocycles. The SMILES string of the molecule is CCOC(=O)c1cccc(OCC(O)Cn2c(C(F)(F)F)nc3ccccc32)c1. The monoisotopic (exact) mass is 408 g/mol. The van der Waals surface area contributed by atoms with Crippen LogP contribution in [0.1, 0.15) is 23.1 Å². The van der Waals surface area contributed by atoms with Crippen molar-refractivity contribution < 1.29 is 32.5 Å². The molecule has 1 aromatic heterocycles. The van der Waals surface area contributed by atoms with Crippen LogP contribution in [0.2, 0.25) is 0 Å². The summed E-state index contributed by atoms with van der Waals surface area (Å²) in [6, 6.07) is 12.3. The van der Waals surface area contributed by atoms with E-state index in [1.54, 1.807) is 37.3 Å². The number of rotatable bonds is 7. The van der Waals surface area contributed by atoms with Gasteiger partial charge in [-0.2, -0.15) is 13.2 Å². The predicted molar refractivity (Wildman–Crippen MR) is 98.6 cm³/mol. The summed E-state index contributed by atoms with van der Waals surface area (Å²) < 4.78 is 51.3. The van der Waals surface area contributed by atoms with Crippen LogP contribution in [0.15, 0.2) is 48.5 Å². The van der Waals surface area contributed by atoms with Crippen molar-refractivity contribution in [3.8, 4) is 5.75 Å². The maximum absolute atomic E-state index is 13.3. The fourth-order valence-electron chi connectivity index (χ4n) is 2.86. The molecular formula is C20H19F3N2O4. The lowest BCUT2D eigenvalue weighted by Crippen LogP contribution is -2.26. The molecule has 3 rings (SSSR count). The number of hydrogen-bond acceptors (Lipinski definition) is 5. The molecule has 0 aliphatic heterocycles. The Morgan fingerprint density at radius 3 is 2.69 bits per heavy atom. The number of fused-ring (bicyclic) bond motifs is 1. The summed E-state index contributed by atoms with van der Waals surface area (Å²) in [7, 11) is 0. The van der Waals surface area contributed by atoms with Crippen LogP contribution >= 0.6 is 0 Å². The van der Waals surface area contributed by atoms with Gasteiger partial charge in [-0.1, -0.05) is 18.2 Å². The zero-order valence-corrected chi connectivity index (χ0v) is 15.5. The molecule has 0 fully saturated rings. The Morgan fingerprint density at radius 1 is 1.21 bits per heavy atom. The first-order valence-corrected chi connectivity index (χ1v) is 8.90. The topological polar surface area (TPSA) is 73.6 Å². The Hall–Kier alpha value is -3.07. The molecule has 1 heterocycles. The standard InChI is InChI=1S/C20H19F3N2O4/c1-2-28-18(27)13-6-5-7-15(10-13)29-12-14(26)11-25-17-9-4-3-8-16(17)24-19(25)20(21,22)23/h3-10,14,26H,2,11-12H2,1H3. The number of carbonyl (C=O) groups is 1. The van der Waals surface area contributed by atoms with E-state index in [1.807, 2.05) is 0 Å². The maximum atomic E-state index is 13.3. The highest BCUT2D eigenvalue weighted by atomic mass is 19.4. The van der Waals surface area contributed by atoms with Gasteiger partial charge in [-0.25, -0.2) is 9.78 Å². The average Bonchev–Trinajstić information content (AvgIpc) is 3.06. The molecule has 29 heavy (non-hydrogen) atoms. The van der Waals surface area contributed by atoms with E-state index in [1.165, 1.54) is 18.2 Å². The van der Waals surface area contributed by atoms with Crippen LogP contribution in [0, 0.1) is 0 Å². The van der Waals surface area contributed by atoms with Gasteiger partial charge in [-0.3, -0.25) is 0 Å². The third kappa shape index (κ3) is 4.86. The van der Waals surface area contributed by atoms with Crippen LogP contribution in [-0.2, 0) is 17.5 Å². The number of benzene rings is 2. The van der Waals surface area contributed by atoms with Crippen molar-refractivity contribution in [1.29, 1.82) is 0 Å². The first-order valence-electron chi connectivity index (χ1n) is 8.90. The van der Waals surface area contributed by atoms with E-state index in [0.717, 1.165) is 4.57 Å². The van der Waals surface area contributed by atoms with Crippen LogP contribution in [0.4, 0.5) is 13.2 Å². The molecule has 1 N–H and O–H groups in total. The Bertz CT molecular complexity index is 1000. The van der Waals surface area contributed by atoms with Crippen molar-refractivity contribution in [3.63, 3.8) is 0 Å². The van der Waals surface area contributed by atoms with Crippen molar-refractivity contribution in [1.82, 2.24) is 9.55 Å². The summed E-state index contributed by atoms with van der Waals surface area (Å²) in [5.41, 5.74) is 0.733. The smallest absolute Gasteiger partial charge is 0.449 e. The Morgan fingerprint density at radius 2 is 1.97 bits per heavy atom. The minimum Gasteiger partial charge on any atom is -0.491 e. The third-order valence-electron chi connectivity index (χ3n) is 4.09. The van der Waals surface area contributed by atoms with Gasteiger partial charge in [0, 0.05) is 0 Å². The number of carbonyl (C=O) groups excluding carboxylic acids is 1. The van der Waals surface area contributed by atoms with E-state index >= 15 is 0 Å². The van der Waals surface area contributed by atoms with E-state index in [9.17, 15) is 23.1 Å². The van der Waals surface area contributed by atoms with Gasteiger partial charge in [-0.05, 0) is 37.3 Å². The highest BCUT2D eigenvalue weighted by molar-refractivity contribution is 5.89. The zero-order chi connectivity index (χ0) is 21.0. The number of hydrogen-bond donors (Lipinski definition) is 1. The number of alkyl halides is 3. The Labute approximate surface area is 164 Å². The summed E-state index contributed by atoms with van der Waals surface area (Å²) in [6.45, 7) is 1.29. The van der Waals surface area contributed by atoms with Crippen molar-refractivity contribution in [2.75, 3.05) is 13.2 Å². The molecule has 6 nitrogen and oxygen atoms in total. The highest BCUT2D eigenvalue weighted by Crippen LogP contribution is 2.31. The molecule has 154 valence electrons. The second-order valence-electron chi connectivity index (χ2n) is 6.25. The van der Waals surface area contributed by atoms with Gasteiger partial charge < -0.3 is 19.1 Å². The van der Waals surface area contributed by atoms with Crippen LogP contribution < -0.4 is 4.74 Å². The zero-order valence-electron chi connectivity index (χ0n) is 15.5. The fourth-order valence-corrected chi connectivity index (χ4v) is 2.86. The third-order valence-corrected chi connectivity index (χ3v) is 4.09. The van der Waals surface area contributed by atoms with Gasteiger partial charge >= 0.3 is 12.1 Å². The van der Waals surface area contributed by atoms with Crippen molar-refractivity contribution in [3.05, 3.63) is 59.9 Å². The summed E-state index contributed by atoms with van der Waals surface area (Å²) in [6.07, 6.45) is -5.90. The van der Waals surface area contributed by atoms with Crippen LogP contribution in [0.3, 0.4) is 0 Å². The van der Waals surface area contributed by atoms with Crippen LogP contribution in [0.25, 0.3) is 11.0 Å². The van der Waals surface area contributed by atoms with E-state index in [0.29, 0.717) is 5.75 Å². The summed E-state index contributed by atoms with van der Waals surface area (Å²) in [5.74, 6) is -1.30. The normalized spacial score (nSPS) is 12.7. The van der Waals surface area contributed by atoms with Gasteiger partial charge in [0.05, 0.1) is 29.7 Å². The minimum absolute atomic E-state index is 0.190. The lowest BCUT2D eigenvalue weighted by molar-refractivity contribution is -0.147. The van der Waals surface area contributed by atoms with Crippen LogP contribution in [-0.4, -0.2) is 39.9 Å². The molecule has 0 saturated heterocycles. The molecule has 3 aromatic rings. The van der Waals surface area contributed by atoms with Crippen molar-refractivity contribution >= 4 is 17.0 Å². The number of nitrogens with zero attached hydrogens (tertiary/aromatic N) is 2. The predicted octanol–water partition coefficient (Wildman–Crippen LogP) is 3.67. The second-order valence-corrected chi connectivity index (χ2v) is 6.25. The summed E-state index contributed by atoms with van der Waals surface area (Å²) >= 11 is 0. The fraction of sp³-hybridized carbons (Fsp3) is 0.300. The number of para-hydroxylation sites is 2. The average molecular weight is 408 g/mol. The maximum Gasteiger partial charge on any atom is 0.449 e. The summed E-state index contributed by atoms with van der Waals surface area (Å²) in [5, 5.41) is 10.3. The Kier molecular flexibility index (Phi) is 6.07. The Balaban J connectivity index is 1.73. The summed E-state index contributed by atoms with van der Waals surface area (Å²) in [4.78, 5) is 15.4. The minimum atomic E-state index is -4.66. The quantitative estimate of drug-likeness (QED) is 0.604. The van der Waals surface area contributed by atoms with Gasteiger partial charge in [0.2, 0.25) is 5.82 Å². The van der Waals surface area contributed by atoms with E-state index in [2.05, 4.69) is 4.98 Å². The molecule has 0 bridgehead atoms. The van der Waals surface area contributed by atoms with Crippen molar-refractivity contribution in [2.24, 2.45) is 0 Å². The lowest BCUT2D eigenvalue weighted by atomic mass is 10.2. The lowest BCUT2D eigenvalue weighted by Gasteiger charge is -2.16. The number of esters is 1. The first kappa shape index (κ1) is 20.7. The van der Waals surface area contributed by atoms with Gasteiger partial charge in [0.15, 0.2) is 0 Å². The molecule has 0 spiro atoms. The molecule has 0 amide bonds. The van der Waals surface area contributed by atoms with Crippen LogP contribution in [0.5, 0.6) is 5.75 Å². The molecule has 1 atom stereocenters. The second kappa shape index (κ2) is 8.52. The molecule has 0 radical (unpaired) electrons. The number of imidazole rings is 1. The molecule has 0 aliphatic carbocycles. The van der Waals surface area contributed by atoms with Gasteiger partial charge in [0.25, 0.3) is 0 Å². The largest absolute Gasteiger partial charge is 0.491 e. The first-order chi connectivity index (χ1) is 13.8. The van der Waals surface area contributed by atoms with Crippen molar-refractivity contribution in [2.45, 2.75) is 25.7 Å². The van der Waals surface area contributed by atoms with E-state index in [4.69, 9.17) is 9.47 Å². The number of halogens is 3. The molecule has 0 aliphatic rings. The van der Waals surface area contributed by atoms with E-state index in [-0.39, 0.29) is 36.4 Å². The molecule has 9 heteroatoms. The number of aliphatic hydroxyl groups is 1. The van der Waals surface area contributed by atoms with E-state index < -0.39 is 24.1 Å². The highest BCUT2D eigenvalue weighted by Gasteiger charge is 2.37. The molecular weight excluding hydrogens is 389 g/mol. The number of aromatic nitrogens is 2. The van der Waals surface area contributed by atoms with Gasteiger partial charge in [-0.15, -0.1) is 0 Å². The number of aliphatic hydroxyl groups excluding tert-OH is 1. The van der Waals surface area contributed by atoms with Gasteiger partial charge in [0.1, 0.15) is 18.5 Å².